The van der Waals surface area contributed by atoms with Gasteiger partial charge in [0.2, 0.25) is 0 Å². The molecule has 0 aliphatic rings. The summed E-state index contributed by atoms with van der Waals surface area (Å²) in [5.41, 5.74) is 0.652. The molecule has 0 fully saturated rings. The maximum absolute atomic E-state index is 11.3. The van der Waals surface area contributed by atoms with Crippen LogP contribution in [0.3, 0.4) is 0 Å². The zero-order valence-electron chi connectivity index (χ0n) is 8.22. The molecule has 0 aliphatic heterocycles. The fourth-order valence-electron chi connectivity index (χ4n) is 1.11. The Morgan fingerprint density at radius 2 is 2.07 bits per heavy atom. The molecule has 1 aromatic rings. The number of isocyanates is 1. The van der Waals surface area contributed by atoms with Gasteiger partial charge in [-0.05, 0) is 30.7 Å². The van der Waals surface area contributed by atoms with Gasteiger partial charge in [0.15, 0.2) is 0 Å². The standard InChI is InChI=1S/C9H9NO4S/c1-7-5-8(3-4-9(7)14-2)15(12,13)10-6-11/h3-5H,1-2H3. The van der Waals surface area contributed by atoms with Crippen LogP contribution < -0.4 is 4.74 Å². The Labute approximate surface area is 87.5 Å². The summed E-state index contributed by atoms with van der Waals surface area (Å²) in [5, 5.41) is 0. The third kappa shape index (κ3) is 2.43. The number of sulfonamides is 1. The molecule has 0 unspecified atom stereocenters. The highest BCUT2D eigenvalue weighted by Gasteiger charge is 2.13. The lowest BCUT2D eigenvalue weighted by Crippen LogP contribution is -1.97. The molecule has 6 heteroatoms. The normalized spacial score (nSPS) is 10.5. The molecule has 0 spiro atoms. The Kier molecular flexibility index (Phi) is 3.24. The van der Waals surface area contributed by atoms with Crippen LogP contribution in [0.25, 0.3) is 0 Å². The first-order valence-electron chi connectivity index (χ1n) is 4.00. The molecule has 0 aliphatic carbocycles. The lowest BCUT2D eigenvalue weighted by atomic mass is 10.2. The molecule has 80 valence electrons. The van der Waals surface area contributed by atoms with E-state index in [1.54, 1.807) is 6.92 Å². The van der Waals surface area contributed by atoms with Crippen LogP contribution >= 0.6 is 0 Å². The lowest BCUT2D eigenvalue weighted by molar-refractivity contribution is 0.411. The zero-order valence-corrected chi connectivity index (χ0v) is 9.04. The summed E-state index contributed by atoms with van der Waals surface area (Å²) < 4.78 is 30.3. The van der Waals surface area contributed by atoms with Crippen LogP contribution in [0, 0.1) is 6.92 Å². The van der Waals surface area contributed by atoms with Gasteiger partial charge in [0, 0.05) is 0 Å². The predicted octanol–water partition coefficient (Wildman–Crippen LogP) is 1.03. The Morgan fingerprint density at radius 3 is 2.53 bits per heavy atom. The van der Waals surface area contributed by atoms with Crippen molar-refractivity contribution in [1.29, 1.82) is 0 Å². The second-order valence-electron chi connectivity index (χ2n) is 2.79. The van der Waals surface area contributed by atoms with Crippen molar-refractivity contribution in [1.82, 2.24) is 0 Å². The van der Waals surface area contributed by atoms with Crippen LogP contribution in [0.5, 0.6) is 5.75 Å². The summed E-state index contributed by atoms with van der Waals surface area (Å²) in [5.74, 6) is 0.573. The van der Waals surface area contributed by atoms with Gasteiger partial charge in [-0.2, -0.15) is 8.42 Å². The van der Waals surface area contributed by atoms with Gasteiger partial charge < -0.3 is 4.74 Å². The third-order valence-corrected chi connectivity index (χ3v) is 2.99. The number of nitrogens with zero attached hydrogens (tertiary/aromatic N) is 1. The Morgan fingerprint density at radius 1 is 1.40 bits per heavy atom. The Balaban J connectivity index is 3.30. The minimum Gasteiger partial charge on any atom is -0.496 e. The van der Waals surface area contributed by atoms with Gasteiger partial charge in [0.05, 0.1) is 12.0 Å². The topological polar surface area (TPSA) is 72.8 Å². The molecule has 0 N–H and O–H groups in total. The van der Waals surface area contributed by atoms with E-state index in [9.17, 15) is 13.2 Å². The van der Waals surface area contributed by atoms with Crippen LogP contribution in [0.1, 0.15) is 5.56 Å². The van der Waals surface area contributed by atoms with Gasteiger partial charge in [0.1, 0.15) is 5.75 Å². The molecule has 1 rings (SSSR count). The monoisotopic (exact) mass is 227 g/mol. The molecular weight excluding hydrogens is 218 g/mol. The van der Waals surface area contributed by atoms with Gasteiger partial charge >= 0.3 is 0 Å². The van der Waals surface area contributed by atoms with Gasteiger partial charge in [0.25, 0.3) is 16.1 Å². The lowest BCUT2D eigenvalue weighted by Gasteiger charge is -2.04. The number of benzene rings is 1. The summed E-state index contributed by atoms with van der Waals surface area (Å²) in [6, 6.07) is 4.21. The zero-order chi connectivity index (χ0) is 11.5. The van der Waals surface area contributed by atoms with Gasteiger partial charge in [-0.25, -0.2) is 4.79 Å². The molecule has 1 aromatic carbocycles. The van der Waals surface area contributed by atoms with Crippen molar-refractivity contribution in [2.75, 3.05) is 7.11 Å². The molecular formula is C9H9NO4S. The van der Waals surface area contributed by atoms with Crippen molar-refractivity contribution < 1.29 is 17.9 Å². The maximum atomic E-state index is 11.3. The Hall–Kier alpha value is -1.65. The average Bonchev–Trinajstić information content (AvgIpc) is 2.17. The fraction of sp³-hybridized carbons (Fsp3) is 0.222. The van der Waals surface area contributed by atoms with Crippen LogP contribution in [-0.4, -0.2) is 21.6 Å². The summed E-state index contributed by atoms with van der Waals surface area (Å²) in [4.78, 5) is 9.85. The first kappa shape index (κ1) is 11.4. The van der Waals surface area contributed by atoms with Crippen molar-refractivity contribution in [3.05, 3.63) is 23.8 Å². The number of methoxy groups -OCH3 is 1. The van der Waals surface area contributed by atoms with Crippen LogP contribution in [-0.2, 0) is 14.8 Å². The van der Waals surface area contributed by atoms with Gasteiger partial charge in [-0.15, -0.1) is 0 Å². The van der Waals surface area contributed by atoms with Crippen molar-refractivity contribution in [2.45, 2.75) is 11.8 Å². The van der Waals surface area contributed by atoms with Crippen LogP contribution in [0.15, 0.2) is 27.5 Å². The SMILES string of the molecule is COc1ccc(S(=O)(=O)N=C=O)cc1C. The molecule has 5 nitrogen and oxygen atoms in total. The summed E-state index contributed by atoms with van der Waals surface area (Å²) in [7, 11) is -2.43. The van der Waals surface area contributed by atoms with E-state index < -0.39 is 10.0 Å². The molecule has 0 saturated carbocycles. The van der Waals surface area contributed by atoms with Crippen molar-refractivity contribution in [2.24, 2.45) is 4.40 Å². The van der Waals surface area contributed by atoms with Gasteiger partial charge in [-0.3, -0.25) is 0 Å². The second kappa shape index (κ2) is 4.25. The molecule has 0 amide bonds. The van der Waals surface area contributed by atoms with Crippen LogP contribution in [0.2, 0.25) is 0 Å². The fourth-order valence-corrected chi connectivity index (χ4v) is 1.88. The van der Waals surface area contributed by atoms with E-state index in [0.717, 1.165) is 6.08 Å². The van der Waals surface area contributed by atoms with Crippen LogP contribution in [0.4, 0.5) is 0 Å². The molecule has 0 bridgehead atoms. The van der Waals surface area contributed by atoms with E-state index in [0.29, 0.717) is 11.3 Å². The molecule has 0 aromatic heterocycles. The number of carbonyl (C=O) groups excluding carboxylic acids is 1. The summed E-state index contributed by atoms with van der Waals surface area (Å²) >= 11 is 0. The van der Waals surface area contributed by atoms with Crippen molar-refractivity contribution >= 4 is 16.1 Å². The highest BCUT2D eigenvalue weighted by molar-refractivity contribution is 7.90. The quantitative estimate of drug-likeness (QED) is 0.571. The van der Waals surface area contributed by atoms with E-state index in [4.69, 9.17) is 4.74 Å². The first-order valence-corrected chi connectivity index (χ1v) is 5.44. The smallest absolute Gasteiger partial charge is 0.292 e. The second-order valence-corrected chi connectivity index (χ2v) is 4.39. The van der Waals surface area contributed by atoms with E-state index >= 15 is 0 Å². The highest BCUT2D eigenvalue weighted by Crippen LogP contribution is 2.22. The number of ether oxygens (including phenoxy) is 1. The number of aryl methyl sites for hydroxylation is 1. The number of rotatable bonds is 3. The molecule has 0 saturated heterocycles. The highest BCUT2D eigenvalue weighted by atomic mass is 32.2. The van der Waals surface area contributed by atoms with E-state index in [2.05, 4.69) is 4.40 Å². The molecule has 0 atom stereocenters. The first-order chi connectivity index (χ1) is 7.01. The number of hydrogen-bond donors (Lipinski definition) is 0. The van der Waals surface area contributed by atoms with E-state index in [1.807, 2.05) is 0 Å². The van der Waals surface area contributed by atoms with Crippen molar-refractivity contribution in [3.63, 3.8) is 0 Å². The Bertz CT molecular complexity index is 515. The molecule has 0 radical (unpaired) electrons. The largest absolute Gasteiger partial charge is 0.496 e. The van der Waals surface area contributed by atoms with E-state index in [-0.39, 0.29) is 4.90 Å². The maximum Gasteiger partial charge on any atom is 0.292 e. The molecule has 15 heavy (non-hydrogen) atoms. The minimum atomic E-state index is -3.91. The summed E-state index contributed by atoms with van der Waals surface area (Å²) in [6.07, 6.45) is 1.01. The van der Waals surface area contributed by atoms with E-state index in [1.165, 1.54) is 25.3 Å². The molecule has 0 heterocycles. The van der Waals surface area contributed by atoms with Crippen molar-refractivity contribution in [3.8, 4) is 5.75 Å². The summed E-state index contributed by atoms with van der Waals surface area (Å²) in [6.45, 7) is 1.70. The van der Waals surface area contributed by atoms with Gasteiger partial charge in [-0.1, -0.05) is 4.40 Å². The minimum absolute atomic E-state index is 0.0517. The average molecular weight is 227 g/mol. The third-order valence-electron chi connectivity index (χ3n) is 1.82. The predicted molar refractivity (Wildman–Crippen MR) is 53.0 cm³/mol. The number of hydrogen-bond acceptors (Lipinski definition) is 4.